The van der Waals surface area contributed by atoms with E-state index in [0.717, 1.165) is 0 Å². The molecule has 1 rings (SSSR count). The summed E-state index contributed by atoms with van der Waals surface area (Å²) in [4.78, 5) is 22.9. The molecule has 0 amide bonds. The van der Waals surface area contributed by atoms with E-state index >= 15 is 0 Å². The molecular weight excluding hydrogens is 212 g/mol. The van der Waals surface area contributed by atoms with Gasteiger partial charge in [0.25, 0.3) is 0 Å². The van der Waals surface area contributed by atoms with Crippen LogP contribution in [0.25, 0.3) is 0 Å². The van der Waals surface area contributed by atoms with E-state index in [1.807, 2.05) is 0 Å². The van der Waals surface area contributed by atoms with Crippen molar-refractivity contribution in [3.63, 3.8) is 0 Å². The number of carboxylic acid groups (broad SMARTS) is 1. The summed E-state index contributed by atoms with van der Waals surface area (Å²) in [5.41, 5.74) is -1.60. The van der Waals surface area contributed by atoms with Crippen LogP contribution in [0.5, 0.6) is 0 Å². The molecule has 1 fully saturated rings. The van der Waals surface area contributed by atoms with Crippen molar-refractivity contribution in [2.45, 2.75) is 33.6 Å². The minimum atomic E-state index is -0.924. The van der Waals surface area contributed by atoms with Crippen LogP contribution in [0.1, 0.15) is 33.6 Å². The zero-order valence-corrected chi connectivity index (χ0v) is 9.82. The first-order chi connectivity index (χ1) is 7.27. The van der Waals surface area contributed by atoms with Gasteiger partial charge in [0.05, 0.1) is 11.3 Å². The highest BCUT2D eigenvalue weighted by molar-refractivity contribution is 5.80. The number of rotatable bonds is 3. The van der Waals surface area contributed by atoms with Gasteiger partial charge in [0, 0.05) is 0 Å². The van der Waals surface area contributed by atoms with Gasteiger partial charge in [-0.25, -0.2) is 0 Å². The standard InChI is InChI=1S/C11H18O5/c1-10(2)7(8(13)16-6-12)4-5-11(10,3)9(14)15/h7,12H,4-6H2,1-3H3,(H,14,15)/t7-,11+/m1/s1. The number of ether oxygens (including phenoxy) is 1. The summed E-state index contributed by atoms with van der Waals surface area (Å²) in [5, 5.41) is 17.8. The molecule has 0 aromatic rings. The molecule has 16 heavy (non-hydrogen) atoms. The van der Waals surface area contributed by atoms with E-state index in [2.05, 4.69) is 4.74 Å². The fraction of sp³-hybridized carbons (Fsp3) is 0.818. The maximum Gasteiger partial charge on any atom is 0.311 e. The van der Waals surface area contributed by atoms with E-state index < -0.39 is 35.5 Å². The molecule has 1 aliphatic rings. The summed E-state index contributed by atoms with van der Waals surface area (Å²) < 4.78 is 4.56. The molecule has 0 aliphatic heterocycles. The summed E-state index contributed by atoms with van der Waals surface area (Å²) in [6.07, 6.45) is 0.926. The molecule has 92 valence electrons. The molecule has 2 atom stereocenters. The normalized spacial score (nSPS) is 32.4. The second kappa shape index (κ2) is 4.05. The third kappa shape index (κ3) is 1.69. The Morgan fingerprint density at radius 2 is 1.94 bits per heavy atom. The Morgan fingerprint density at radius 1 is 1.38 bits per heavy atom. The zero-order valence-electron chi connectivity index (χ0n) is 9.82. The predicted molar refractivity (Wildman–Crippen MR) is 55.4 cm³/mol. The molecule has 5 heteroatoms. The van der Waals surface area contributed by atoms with Crippen LogP contribution in [0, 0.1) is 16.7 Å². The van der Waals surface area contributed by atoms with Gasteiger partial charge in [0.2, 0.25) is 0 Å². The van der Waals surface area contributed by atoms with Crippen molar-refractivity contribution in [2.75, 3.05) is 6.79 Å². The summed E-state index contributed by atoms with van der Waals surface area (Å²) >= 11 is 0. The van der Waals surface area contributed by atoms with Crippen molar-refractivity contribution in [1.82, 2.24) is 0 Å². The second-order valence-electron chi connectivity index (χ2n) is 5.04. The number of hydrogen-bond acceptors (Lipinski definition) is 4. The van der Waals surface area contributed by atoms with E-state index in [1.54, 1.807) is 20.8 Å². The van der Waals surface area contributed by atoms with Crippen LogP contribution in [0.4, 0.5) is 0 Å². The maximum absolute atomic E-state index is 11.6. The van der Waals surface area contributed by atoms with Crippen LogP contribution in [0.2, 0.25) is 0 Å². The monoisotopic (exact) mass is 230 g/mol. The maximum atomic E-state index is 11.6. The SMILES string of the molecule is CC1(C)[C@@H](C(=O)OCO)CC[C@@]1(C)C(=O)O. The number of esters is 1. The van der Waals surface area contributed by atoms with Crippen molar-refractivity contribution in [2.24, 2.45) is 16.7 Å². The van der Waals surface area contributed by atoms with Gasteiger partial charge < -0.3 is 14.9 Å². The van der Waals surface area contributed by atoms with Gasteiger partial charge in [0.1, 0.15) is 0 Å². The van der Waals surface area contributed by atoms with Crippen molar-refractivity contribution in [1.29, 1.82) is 0 Å². The van der Waals surface area contributed by atoms with Crippen LogP contribution in [-0.4, -0.2) is 28.9 Å². The molecule has 0 aromatic carbocycles. The van der Waals surface area contributed by atoms with Crippen LogP contribution in [0.3, 0.4) is 0 Å². The Bertz CT molecular complexity index is 309. The Hall–Kier alpha value is -1.10. The molecular formula is C11H18O5. The topological polar surface area (TPSA) is 83.8 Å². The molecule has 0 spiro atoms. The number of aliphatic hydroxyl groups is 1. The fourth-order valence-corrected chi connectivity index (χ4v) is 2.46. The van der Waals surface area contributed by atoms with Crippen LogP contribution in [-0.2, 0) is 14.3 Å². The van der Waals surface area contributed by atoms with Gasteiger partial charge in [-0.3, -0.25) is 9.59 Å². The lowest BCUT2D eigenvalue weighted by Crippen LogP contribution is -2.43. The van der Waals surface area contributed by atoms with Gasteiger partial charge in [-0.2, -0.15) is 0 Å². The smallest absolute Gasteiger partial charge is 0.311 e. The predicted octanol–water partition coefficient (Wildman–Crippen LogP) is 1.01. The number of hydrogen-bond donors (Lipinski definition) is 2. The molecule has 0 aromatic heterocycles. The Kier molecular flexibility index (Phi) is 3.28. The lowest BCUT2D eigenvalue weighted by atomic mass is 9.66. The first-order valence-electron chi connectivity index (χ1n) is 5.28. The summed E-state index contributed by atoms with van der Waals surface area (Å²) in [5.74, 6) is -1.88. The van der Waals surface area contributed by atoms with Gasteiger partial charge >= 0.3 is 11.9 Å². The highest BCUT2D eigenvalue weighted by Gasteiger charge is 2.58. The fourth-order valence-electron chi connectivity index (χ4n) is 2.46. The van der Waals surface area contributed by atoms with Crippen molar-refractivity contribution in [3.8, 4) is 0 Å². The lowest BCUT2D eigenvalue weighted by Gasteiger charge is -2.37. The van der Waals surface area contributed by atoms with Gasteiger partial charge in [-0.05, 0) is 25.2 Å². The van der Waals surface area contributed by atoms with Crippen molar-refractivity contribution >= 4 is 11.9 Å². The third-order valence-electron chi connectivity index (χ3n) is 4.19. The molecule has 0 bridgehead atoms. The van der Waals surface area contributed by atoms with Crippen LogP contribution in [0.15, 0.2) is 0 Å². The van der Waals surface area contributed by atoms with Gasteiger partial charge in [-0.15, -0.1) is 0 Å². The molecule has 1 aliphatic carbocycles. The minimum Gasteiger partial charge on any atom is -0.481 e. The van der Waals surface area contributed by atoms with Crippen molar-refractivity contribution < 1.29 is 24.5 Å². The zero-order chi connectivity index (χ0) is 12.6. The summed E-state index contributed by atoms with van der Waals surface area (Å²) in [6, 6.07) is 0. The number of aliphatic hydroxyl groups excluding tert-OH is 1. The minimum absolute atomic E-state index is 0.445. The molecule has 0 saturated heterocycles. The third-order valence-corrected chi connectivity index (χ3v) is 4.19. The lowest BCUT2D eigenvalue weighted by molar-refractivity contribution is -0.165. The Morgan fingerprint density at radius 3 is 2.31 bits per heavy atom. The summed E-state index contributed by atoms with van der Waals surface area (Å²) in [7, 11) is 0. The molecule has 0 heterocycles. The number of carboxylic acids is 1. The Balaban J connectivity index is 2.96. The first-order valence-corrected chi connectivity index (χ1v) is 5.28. The molecule has 0 unspecified atom stereocenters. The second-order valence-corrected chi connectivity index (χ2v) is 5.04. The van der Waals surface area contributed by atoms with Gasteiger partial charge in [-0.1, -0.05) is 13.8 Å². The Labute approximate surface area is 94.4 Å². The van der Waals surface area contributed by atoms with E-state index in [4.69, 9.17) is 5.11 Å². The van der Waals surface area contributed by atoms with E-state index in [9.17, 15) is 14.7 Å². The van der Waals surface area contributed by atoms with Crippen LogP contribution >= 0.6 is 0 Å². The van der Waals surface area contributed by atoms with Gasteiger partial charge in [0.15, 0.2) is 6.79 Å². The van der Waals surface area contributed by atoms with Crippen molar-refractivity contribution in [3.05, 3.63) is 0 Å². The average molecular weight is 230 g/mol. The molecule has 0 radical (unpaired) electrons. The average Bonchev–Trinajstić information content (AvgIpc) is 2.40. The highest BCUT2D eigenvalue weighted by Crippen LogP contribution is 2.56. The molecule has 2 N–H and O–H groups in total. The van der Waals surface area contributed by atoms with E-state index in [-0.39, 0.29) is 0 Å². The summed E-state index contributed by atoms with van der Waals surface area (Å²) in [6.45, 7) is 4.52. The van der Waals surface area contributed by atoms with Crippen LogP contribution < -0.4 is 0 Å². The number of carbonyl (C=O) groups is 2. The quantitative estimate of drug-likeness (QED) is 0.558. The van der Waals surface area contributed by atoms with E-state index in [1.165, 1.54) is 0 Å². The molecule has 1 saturated carbocycles. The highest BCUT2D eigenvalue weighted by atomic mass is 16.6. The van der Waals surface area contributed by atoms with E-state index in [0.29, 0.717) is 12.8 Å². The number of carbonyl (C=O) groups excluding carboxylic acids is 1. The number of aliphatic carboxylic acids is 1. The first kappa shape index (κ1) is 13.0. The molecule has 5 nitrogen and oxygen atoms in total. The largest absolute Gasteiger partial charge is 0.481 e.